The summed E-state index contributed by atoms with van der Waals surface area (Å²) in [5.74, 6) is 0.833. The third-order valence-corrected chi connectivity index (χ3v) is 6.07. The first-order chi connectivity index (χ1) is 12.8. The van der Waals surface area contributed by atoms with Crippen LogP contribution in [-0.4, -0.2) is 46.3 Å². The number of hydrogen-bond donors (Lipinski definition) is 2. The first-order valence-corrected chi connectivity index (χ1v) is 10.5. The SMILES string of the molecule is CC(C)(C)Nc1c(-c2cccc(Cl)c2Cl)nc2sc(N3CCNCC3)nn12. The van der Waals surface area contributed by atoms with Crippen LogP contribution in [0.15, 0.2) is 18.2 Å². The van der Waals surface area contributed by atoms with Crippen molar-refractivity contribution in [3.63, 3.8) is 0 Å². The van der Waals surface area contributed by atoms with Crippen molar-refractivity contribution in [3.05, 3.63) is 28.2 Å². The minimum absolute atomic E-state index is 0.158. The van der Waals surface area contributed by atoms with Crippen molar-refractivity contribution in [3.8, 4) is 11.3 Å². The van der Waals surface area contributed by atoms with Crippen molar-refractivity contribution in [1.82, 2.24) is 19.9 Å². The average molecular weight is 425 g/mol. The van der Waals surface area contributed by atoms with Gasteiger partial charge in [0.05, 0.1) is 10.0 Å². The smallest absolute Gasteiger partial charge is 0.216 e. The summed E-state index contributed by atoms with van der Waals surface area (Å²) in [6, 6.07) is 5.60. The minimum atomic E-state index is -0.158. The first kappa shape index (κ1) is 18.8. The van der Waals surface area contributed by atoms with Gasteiger partial charge in [-0.05, 0) is 26.8 Å². The van der Waals surface area contributed by atoms with Crippen molar-refractivity contribution in [2.45, 2.75) is 26.3 Å². The van der Waals surface area contributed by atoms with Gasteiger partial charge in [-0.15, -0.1) is 5.10 Å². The topological polar surface area (TPSA) is 57.5 Å². The molecule has 3 heterocycles. The van der Waals surface area contributed by atoms with Crippen LogP contribution in [0.25, 0.3) is 16.2 Å². The largest absolute Gasteiger partial charge is 0.364 e. The monoisotopic (exact) mass is 424 g/mol. The zero-order valence-electron chi connectivity index (χ0n) is 15.5. The van der Waals surface area contributed by atoms with Gasteiger partial charge in [-0.1, -0.05) is 46.7 Å². The molecule has 9 heteroatoms. The number of anilines is 2. The predicted molar refractivity (Wildman–Crippen MR) is 115 cm³/mol. The summed E-state index contributed by atoms with van der Waals surface area (Å²) in [4.78, 5) is 7.98. The highest BCUT2D eigenvalue weighted by Gasteiger charge is 2.25. The Hall–Kier alpha value is -1.54. The Labute approximate surface area is 172 Å². The van der Waals surface area contributed by atoms with E-state index in [0.29, 0.717) is 10.0 Å². The number of fused-ring (bicyclic) bond motifs is 1. The molecule has 144 valence electrons. The Kier molecular flexibility index (Phi) is 4.96. The molecular weight excluding hydrogens is 403 g/mol. The number of piperazine rings is 1. The lowest BCUT2D eigenvalue weighted by atomic mass is 10.1. The van der Waals surface area contributed by atoms with Crippen molar-refractivity contribution in [1.29, 1.82) is 0 Å². The Morgan fingerprint density at radius 1 is 1.19 bits per heavy atom. The number of hydrogen-bond acceptors (Lipinski definition) is 6. The molecule has 0 unspecified atom stereocenters. The molecule has 27 heavy (non-hydrogen) atoms. The van der Waals surface area contributed by atoms with Crippen LogP contribution in [0.3, 0.4) is 0 Å². The van der Waals surface area contributed by atoms with Crippen molar-refractivity contribution in [2.75, 3.05) is 36.4 Å². The summed E-state index contributed by atoms with van der Waals surface area (Å²) < 4.78 is 1.89. The number of aromatic nitrogens is 3. The van der Waals surface area contributed by atoms with E-state index in [9.17, 15) is 0 Å². The summed E-state index contributed by atoms with van der Waals surface area (Å²) in [6.45, 7) is 10.2. The van der Waals surface area contributed by atoms with E-state index in [0.717, 1.165) is 53.3 Å². The molecule has 0 amide bonds. The van der Waals surface area contributed by atoms with E-state index in [1.54, 1.807) is 17.4 Å². The molecule has 2 aromatic heterocycles. The lowest BCUT2D eigenvalue weighted by molar-refractivity contribution is 0.585. The molecule has 0 spiro atoms. The number of benzene rings is 1. The van der Waals surface area contributed by atoms with Crippen LogP contribution in [0.5, 0.6) is 0 Å². The molecular formula is C18H22Cl2N6S. The number of nitrogens with one attached hydrogen (secondary N) is 2. The maximum absolute atomic E-state index is 6.48. The Bertz CT molecular complexity index is 968. The average Bonchev–Trinajstić information content (AvgIpc) is 3.17. The van der Waals surface area contributed by atoms with E-state index in [-0.39, 0.29) is 5.54 Å². The van der Waals surface area contributed by atoms with Gasteiger partial charge in [-0.3, -0.25) is 0 Å². The molecule has 6 nitrogen and oxygen atoms in total. The van der Waals surface area contributed by atoms with E-state index in [4.69, 9.17) is 33.3 Å². The Morgan fingerprint density at radius 3 is 2.63 bits per heavy atom. The van der Waals surface area contributed by atoms with Gasteiger partial charge >= 0.3 is 0 Å². The van der Waals surface area contributed by atoms with Crippen molar-refractivity contribution < 1.29 is 0 Å². The molecule has 1 aliphatic heterocycles. The molecule has 3 aromatic rings. The standard InChI is InChI=1S/C18H22Cl2N6S/c1-18(2,3)23-15-14(11-5-4-6-12(19)13(11)20)22-16-26(15)24-17(27-16)25-9-7-21-8-10-25/h4-6,21,23H,7-10H2,1-3H3. The summed E-state index contributed by atoms with van der Waals surface area (Å²) >= 11 is 14.3. The fraction of sp³-hybridized carbons (Fsp3) is 0.444. The lowest BCUT2D eigenvalue weighted by Crippen LogP contribution is -2.43. The minimum Gasteiger partial charge on any atom is -0.364 e. The molecule has 1 saturated heterocycles. The fourth-order valence-electron chi connectivity index (χ4n) is 3.06. The van der Waals surface area contributed by atoms with Gasteiger partial charge in [0, 0.05) is 37.3 Å². The maximum atomic E-state index is 6.48. The number of imidazole rings is 1. The van der Waals surface area contributed by atoms with Gasteiger partial charge in [-0.25, -0.2) is 4.98 Å². The van der Waals surface area contributed by atoms with Gasteiger partial charge < -0.3 is 15.5 Å². The molecule has 1 aromatic carbocycles. The van der Waals surface area contributed by atoms with E-state index >= 15 is 0 Å². The zero-order chi connectivity index (χ0) is 19.2. The molecule has 2 N–H and O–H groups in total. The number of rotatable bonds is 3. The first-order valence-electron chi connectivity index (χ1n) is 8.91. The summed E-state index contributed by atoms with van der Waals surface area (Å²) in [6.07, 6.45) is 0. The summed E-state index contributed by atoms with van der Waals surface area (Å²) in [5, 5.41) is 13.8. The van der Waals surface area contributed by atoms with Gasteiger partial charge in [-0.2, -0.15) is 4.52 Å². The molecule has 1 fully saturated rings. The van der Waals surface area contributed by atoms with Crippen molar-refractivity contribution >= 4 is 50.4 Å². The highest BCUT2D eigenvalue weighted by Crippen LogP contribution is 2.39. The quantitative estimate of drug-likeness (QED) is 0.652. The van der Waals surface area contributed by atoms with Gasteiger partial charge in [0.15, 0.2) is 5.82 Å². The maximum Gasteiger partial charge on any atom is 0.216 e. The van der Waals surface area contributed by atoms with Crippen molar-refractivity contribution in [2.24, 2.45) is 0 Å². The van der Waals surface area contributed by atoms with Crippen LogP contribution >= 0.6 is 34.5 Å². The van der Waals surface area contributed by atoms with Crippen LogP contribution in [0.2, 0.25) is 10.0 Å². The van der Waals surface area contributed by atoms with E-state index < -0.39 is 0 Å². The highest BCUT2D eigenvalue weighted by molar-refractivity contribution is 7.20. The van der Waals surface area contributed by atoms with Gasteiger partial charge in [0.2, 0.25) is 10.1 Å². The third kappa shape index (κ3) is 3.74. The second kappa shape index (κ2) is 7.13. The van der Waals surface area contributed by atoms with Gasteiger partial charge in [0.1, 0.15) is 5.69 Å². The molecule has 0 radical (unpaired) electrons. The molecule has 0 aliphatic carbocycles. The van der Waals surface area contributed by atoms with Crippen LogP contribution < -0.4 is 15.5 Å². The highest BCUT2D eigenvalue weighted by atomic mass is 35.5. The lowest BCUT2D eigenvalue weighted by Gasteiger charge is -2.26. The Balaban J connectivity index is 1.84. The van der Waals surface area contributed by atoms with E-state index in [2.05, 4.69) is 36.3 Å². The third-order valence-electron chi connectivity index (χ3n) is 4.28. The van der Waals surface area contributed by atoms with Crippen LogP contribution in [0, 0.1) is 0 Å². The fourth-order valence-corrected chi connectivity index (χ4v) is 4.41. The summed E-state index contributed by atoms with van der Waals surface area (Å²) in [5.41, 5.74) is 1.41. The van der Waals surface area contributed by atoms with Gasteiger partial charge in [0.25, 0.3) is 0 Å². The van der Waals surface area contributed by atoms with E-state index in [1.165, 1.54) is 0 Å². The Morgan fingerprint density at radius 2 is 1.93 bits per heavy atom. The normalized spacial score (nSPS) is 15.5. The predicted octanol–water partition coefficient (Wildman–Crippen LogP) is 4.38. The summed E-state index contributed by atoms with van der Waals surface area (Å²) in [7, 11) is 0. The second-order valence-corrected chi connectivity index (χ2v) is 9.32. The zero-order valence-corrected chi connectivity index (χ0v) is 17.8. The van der Waals surface area contributed by atoms with Crippen LogP contribution in [-0.2, 0) is 0 Å². The molecule has 4 rings (SSSR count). The molecule has 0 saturated carbocycles. The molecule has 0 bridgehead atoms. The molecule has 0 atom stereocenters. The number of halogens is 2. The second-order valence-electron chi connectivity index (χ2n) is 7.60. The molecule has 1 aliphatic rings. The van der Waals surface area contributed by atoms with Crippen LogP contribution in [0.4, 0.5) is 10.9 Å². The van der Waals surface area contributed by atoms with E-state index in [1.807, 2.05) is 16.6 Å². The van der Waals surface area contributed by atoms with Crippen LogP contribution in [0.1, 0.15) is 20.8 Å². The number of nitrogens with zero attached hydrogens (tertiary/aromatic N) is 4.